The fourth-order valence-electron chi connectivity index (χ4n) is 1.98. The van der Waals surface area contributed by atoms with Crippen LogP contribution in [0.3, 0.4) is 0 Å². The number of amides is 1. The maximum absolute atomic E-state index is 12.4. The fourth-order valence-corrected chi connectivity index (χ4v) is 2.27. The zero-order chi connectivity index (χ0) is 13.0. The molecule has 0 aliphatic carbocycles. The molecular formula is C12H15N3O2S. The topological polar surface area (TPSA) is 77.2 Å². The zero-order valence-electron chi connectivity index (χ0n) is 9.89. The average Bonchev–Trinajstić information content (AvgIpc) is 2.40. The van der Waals surface area contributed by atoms with Gasteiger partial charge in [0.25, 0.3) is 0 Å². The predicted molar refractivity (Wildman–Crippen MR) is 72.1 cm³/mol. The lowest BCUT2D eigenvalue weighted by molar-refractivity contribution is -0.126. The fraction of sp³-hybridized carbons (Fsp3) is 0.417. The molecule has 2 heterocycles. The van der Waals surface area contributed by atoms with Crippen molar-refractivity contribution in [2.24, 2.45) is 11.1 Å². The summed E-state index contributed by atoms with van der Waals surface area (Å²) in [6.07, 6.45) is 2.65. The number of nitrogens with zero attached hydrogens (tertiary/aromatic N) is 1. The molecule has 1 aliphatic heterocycles. The number of nitrogens with two attached hydrogens (primary N) is 1. The van der Waals surface area contributed by atoms with Crippen molar-refractivity contribution in [2.75, 3.05) is 18.5 Å². The lowest BCUT2D eigenvalue weighted by Crippen LogP contribution is -2.49. The van der Waals surface area contributed by atoms with Gasteiger partial charge in [0.1, 0.15) is 11.2 Å². The summed E-state index contributed by atoms with van der Waals surface area (Å²) in [6.45, 7) is 0.986. The smallest absolute Gasteiger partial charge is 0.238 e. The first-order chi connectivity index (χ1) is 8.65. The van der Waals surface area contributed by atoms with Crippen molar-refractivity contribution in [1.29, 1.82) is 0 Å². The summed E-state index contributed by atoms with van der Waals surface area (Å²) in [5.74, 6) is 0.307. The number of aromatic nitrogens is 1. The second-order valence-electron chi connectivity index (χ2n) is 4.23. The van der Waals surface area contributed by atoms with Crippen LogP contribution in [0.15, 0.2) is 24.4 Å². The summed E-state index contributed by atoms with van der Waals surface area (Å²) in [6, 6.07) is 5.32. The van der Waals surface area contributed by atoms with E-state index in [1.807, 2.05) is 0 Å². The van der Waals surface area contributed by atoms with Gasteiger partial charge in [0, 0.05) is 19.4 Å². The maximum atomic E-state index is 12.4. The molecule has 0 spiro atoms. The molecule has 0 bridgehead atoms. The third-order valence-electron chi connectivity index (χ3n) is 3.16. The van der Waals surface area contributed by atoms with Crippen LogP contribution in [0, 0.1) is 5.41 Å². The van der Waals surface area contributed by atoms with Crippen LogP contribution in [0.5, 0.6) is 0 Å². The van der Waals surface area contributed by atoms with Crippen molar-refractivity contribution < 1.29 is 9.53 Å². The molecular weight excluding hydrogens is 250 g/mol. The van der Waals surface area contributed by atoms with E-state index in [0.29, 0.717) is 31.9 Å². The SMILES string of the molecule is NC(=S)C1(C(=O)Nc2ccccn2)CCOCC1. The molecule has 1 saturated heterocycles. The van der Waals surface area contributed by atoms with Crippen molar-refractivity contribution >= 4 is 28.9 Å². The van der Waals surface area contributed by atoms with E-state index < -0.39 is 5.41 Å². The van der Waals surface area contributed by atoms with Crippen LogP contribution < -0.4 is 11.1 Å². The Hall–Kier alpha value is -1.53. The Labute approximate surface area is 111 Å². The minimum atomic E-state index is -0.814. The van der Waals surface area contributed by atoms with E-state index in [9.17, 15) is 4.79 Å². The van der Waals surface area contributed by atoms with Gasteiger partial charge in [-0.15, -0.1) is 0 Å². The third kappa shape index (κ3) is 2.49. The van der Waals surface area contributed by atoms with E-state index in [2.05, 4.69) is 10.3 Å². The molecule has 0 unspecified atom stereocenters. The number of ether oxygens (including phenoxy) is 1. The summed E-state index contributed by atoms with van der Waals surface area (Å²) < 4.78 is 5.26. The van der Waals surface area contributed by atoms with Gasteiger partial charge in [-0.05, 0) is 25.0 Å². The highest BCUT2D eigenvalue weighted by molar-refractivity contribution is 7.80. The third-order valence-corrected chi connectivity index (χ3v) is 3.55. The van der Waals surface area contributed by atoms with Crippen LogP contribution in [0.2, 0.25) is 0 Å². The number of carbonyl (C=O) groups excluding carboxylic acids is 1. The van der Waals surface area contributed by atoms with Crippen LogP contribution in [-0.2, 0) is 9.53 Å². The molecule has 1 aromatic rings. The van der Waals surface area contributed by atoms with E-state index in [-0.39, 0.29) is 10.9 Å². The number of hydrogen-bond acceptors (Lipinski definition) is 4. The maximum Gasteiger partial charge on any atom is 0.238 e. The number of nitrogens with one attached hydrogen (secondary N) is 1. The van der Waals surface area contributed by atoms with Crippen molar-refractivity contribution in [1.82, 2.24) is 4.98 Å². The Balaban J connectivity index is 2.16. The molecule has 18 heavy (non-hydrogen) atoms. The minimum absolute atomic E-state index is 0.197. The predicted octanol–water partition coefficient (Wildman–Crippen LogP) is 1.10. The average molecular weight is 265 g/mol. The van der Waals surface area contributed by atoms with E-state index in [0.717, 1.165) is 0 Å². The summed E-state index contributed by atoms with van der Waals surface area (Å²) in [7, 11) is 0. The number of rotatable bonds is 3. The molecule has 1 fully saturated rings. The highest BCUT2D eigenvalue weighted by Gasteiger charge is 2.43. The van der Waals surface area contributed by atoms with Crippen molar-refractivity contribution in [3.8, 4) is 0 Å². The van der Waals surface area contributed by atoms with Crippen molar-refractivity contribution in [3.63, 3.8) is 0 Å². The molecule has 1 aromatic heterocycles. The van der Waals surface area contributed by atoms with Gasteiger partial charge < -0.3 is 15.8 Å². The van der Waals surface area contributed by atoms with E-state index in [1.165, 1.54) is 0 Å². The second kappa shape index (κ2) is 5.41. The first-order valence-corrected chi connectivity index (χ1v) is 6.16. The van der Waals surface area contributed by atoms with Gasteiger partial charge in [-0.2, -0.15) is 0 Å². The zero-order valence-corrected chi connectivity index (χ0v) is 10.7. The van der Waals surface area contributed by atoms with Gasteiger partial charge in [-0.3, -0.25) is 4.79 Å². The van der Waals surface area contributed by atoms with Gasteiger partial charge in [0.2, 0.25) is 5.91 Å². The van der Waals surface area contributed by atoms with Gasteiger partial charge in [-0.25, -0.2) is 4.98 Å². The van der Waals surface area contributed by atoms with E-state index in [4.69, 9.17) is 22.7 Å². The molecule has 96 valence electrons. The summed E-state index contributed by atoms with van der Waals surface area (Å²) in [5.41, 5.74) is 4.94. The lowest BCUT2D eigenvalue weighted by Gasteiger charge is -2.34. The molecule has 3 N–H and O–H groups in total. The molecule has 0 saturated carbocycles. The van der Waals surface area contributed by atoms with Crippen LogP contribution in [0.4, 0.5) is 5.82 Å². The molecule has 2 rings (SSSR count). The van der Waals surface area contributed by atoms with Crippen molar-refractivity contribution in [2.45, 2.75) is 12.8 Å². The van der Waals surface area contributed by atoms with Crippen LogP contribution >= 0.6 is 12.2 Å². The van der Waals surface area contributed by atoms with Crippen LogP contribution in [-0.4, -0.2) is 29.1 Å². The lowest BCUT2D eigenvalue weighted by atomic mass is 9.79. The Morgan fingerprint density at radius 2 is 2.17 bits per heavy atom. The van der Waals surface area contributed by atoms with Gasteiger partial charge in [-0.1, -0.05) is 18.3 Å². The molecule has 1 aliphatic rings. The molecule has 1 amide bonds. The molecule has 0 atom stereocenters. The largest absolute Gasteiger partial charge is 0.392 e. The minimum Gasteiger partial charge on any atom is -0.392 e. The first-order valence-electron chi connectivity index (χ1n) is 5.75. The Kier molecular flexibility index (Phi) is 3.88. The molecule has 0 radical (unpaired) electrons. The molecule has 0 aromatic carbocycles. The van der Waals surface area contributed by atoms with Crippen molar-refractivity contribution in [3.05, 3.63) is 24.4 Å². The number of anilines is 1. The summed E-state index contributed by atoms with van der Waals surface area (Å²) in [5, 5.41) is 2.76. The highest BCUT2D eigenvalue weighted by atomic mass is 32.1. The van der Waals surface area contributed by atoms with Gasteiger partial charge in [0.05, 0.1) is 4.99 Å². The Bertz CT molecular complexity index is 444. The molecule has 5 nitrogen and oxygen atoms in total. The van der Waals surface area contributed by atoms with E-state index >= 15 is 0 Å². The van der Waals surface area contributed by atoms with Gasteiger partial charge in [0.15, 0.2) is 0 Å². The summed E-state index contributed by atoms with van der Waals surface area (Å²) in [4.78, 5) is 16.6. The van der Waals surface area contributed by atoms with Crippen LogP contribution in [0.25, 0.3) is 0 Å². The number of carbonyl (C=O) groups is 1. The monoisotopic (exact) mass is 265 g/mol. The van der Waals surface area contributed by atoms with Gasteiger partial charge >= 0.3 is 0 Å². The first kappa shape index (κ1) is 12.9. The standard InChI is InChI=1S/C12H15N3O2S/c13-10(18)12(4-7-17-8-5-12)11(16)15-9-3-1-2-6-14-9/h1-3,6H,4-5,7-8H2,(H2,13,18)(H,14,15,16). The number of pyridine rings is 1. The number of hydrogen-bond donors (Lipinski definition) is 2. The quantitative estimate of drug-likeness (QED) is 0.800. The molecule has 6 heteroatoms. The normalized spacial score (nSPS) is 18.0. The van der Waals surface area contributed by atoms with E-state index in [1.54, 1.807) is 24.4 Å². The highest BCUT2D eigenvalue weighted by Crippen LogP contribution is 2.32. The number of thiocarbonyl (C=S) groups is 1. The Morgan fingerprint density at radius 1 is 1.44 bits per heavy atom. The second-order valence-corrected chi connectivity index (χ2v) is 4.67. The summed E-state index contributed by atoms with van der Waals surface area (Å²) >= 11 is 5.06. The van der Waals surface area contributed by atoms with Crippen LogP contribution in [0.1, 0.15) is 12.8 Å². The Morgan fingerprint density at radius 3 is 2.72 bits per heavy atom.